The summed E-state index contributed by atoms with van der Waals surface area (Å²) >= 11 is 3.15. The summed E-state index contributed by atoms with van der Waals surface area (Å²) in [7, 11) is 1.83. The summed E-state index contributed by atoms with van der Waals surface area (Å²) in [5.41, 5.74) is 0.714. The summed E-state index contributed by atoms with van der Waals surface area (Å²) in [6, 6.07) is 8.57. The van der Waals surface area contributed by atoms with Crippen LogP contribution in [0.25, 0.3) is 11.3 Å². The fraction of sp³-hybridized carbons (Fsp3) is 0.167. The number of nitrogens with zero attached hydrogens (tertiary/aromatic N) is 1. The van der Waals surface area contributed by atoms with Gasteiger partial charge in [0, 0.05) is 11.6 Å². The SMILES string of the molecule is CNCc1ccc(-c2ccc(Br)c([N+](=O)[O-])c2)o1. The van der Waals surface area contributed by atoms with Crippen LogP contribution in [0.15, 0.2) is 39.2 Å². The van der Waals surface area contributed by atoms with Gasteiger partial charge in [0.1, 0.15) is 11.5 Å². The summed E-state index contributed by atoms with van der Waals surface area (Å²) in [4.78, 5) is 10.4. The Bertz CT molecular complexity index is 580. The molecule has 1 N–H and O–H groups in total. The van der Waals surface area contributed by atoms with Crippen molar-refractivity contribution in [2.45, 2.75) is 6.54 Å². The zero-order valence-corrected chi connectivity index (χ0v) is 11.2. The lowest BCUT2D eigenvalue weighted by Crippen LogP contribution is -2.03. The van der Waals surface area contributed by atoms with Crippen LogP contribution in [0.5, 0.6) is 0 Å². The van der Waals surface area contributed by atoms with E-state index in [2.05, 4.69) is 21.2 Å². The van der Waals surface area contributed by atoms with Gasteiger partial charge >= 0.3 is 0 Å². The van der Waals surface area contributed by atoms with Crippen LogP contribution < -0.4 is 5.32 Å². The molecule has 0 saturated carbocycles. The Kier molecular flexibility index (Phi) is 3.78. The van der Waals surface area contributed by atoms with Crippen molar-refractivity contribution in [1.29, 1.82) is 0 Å². The fourth-order valence-electron chi connectivity index (χ4n) is 1.61. The van der Waals surface area contributed by atoms with Gasteiger partial charge in [0.25, 0.3) is 5.69 Å². The molecule has 2 aromatic rings. The molecule has 0 aliphatic rings. The summed E-state index contributed by atoms with van der Waals surface area (Å²) < 4.78 is 6.04. The van der Waals surface area contributed by atoms with Crippen LogP contribution in [-0.2, 0) is 6.54 Å². The van der Waals surface area contributed by atoms with E-state index in [1.165, 1.54) is 6.07 Å². The van der Waals surface area contributed by atoms with Crippen LogP contribution in [0.3, 0.4) is 0 Å². The molecule has 0 bridgehead atoms. The van der Waals surface area contributed by atoms with Gasteiger partial charge in [0.15, 0.2) is 0 Å². The van der Waals surface area contributed by atoms with E-state index in [-0.39, 0.29) is 5.69 Å². The van der Waals surface area contributed by atoms with E-state index >= 15 is 0 Å². The number of nitro groups is 1. The summed E-state index contributed by atoms with van der Waals surface area (Å²) in [6.45, 7) is 0.624. The first-order valence-electron chi connectivity index (χ1n) is 5.29. The maximum atomic E-state index is 10.8. The molecule has 0 radical (unpaired) electrons. The van der Waals surface area contributed by atoms with Crippen molar-refractivity contribution < 1.29 is 9.34 Å². The Labute approximate surface area is 112 Å². The molecule has 6 heteroatoms. The predicted molar refractivity (Wildman–Crippen MR) is 71.3 cm³/mol. The molecule has 5 nitrogen and oxygen atoms in total. The number of hydrogen-bond acceptors (Lipinski definition) is 4. The standard InChI is InChI=1S/C12H11BrN2O3/c1-14-7-9-3-5-12(18-9)8-2-4-10(13)11(6-8)15(16)17/h2-6,14H,7H2,1H3. The van der Waals surface area contributed by atoms with E-state index in [1.54, 1.807) is 18.2 Å². The van der Waals surface area contributed by atoms with Gasteiger partial charge < -0.3 is 9.73 Å². The van der Waals surface area contributed by atoms with Gasteiger partial charge in [-0.05, 0) is 47.2 Å². The Morgan fingerprint density at radius 3 is 2.83 bits per heavy atom. The molecule has 0 spiro atoms. The maximum Gasteiger partial charge on any atom is 0.284 e. The molecule has 1 aromatic carbocycles. The van der Waals surface area contributed by atoms with E-state index < -0.39 is 4.92 Å². The summed E-state index contributed by atoms with van der Waals surface area (Å²) in [5, 5.41) is 13.8. The van der Waals surface area contributed by atoms with E-state index in [9.17, 15) is 10.1 Å². The van der Waals surface area contributed by atoms with Gasteiger partial charge in [-0.15, -0.1) is 0 Å². The lowest BCUT2D eigenvalue weighted by atomic mass is 10.1. The molecule has 94 valence electrons. The van der Waals surface area contributed by atoms with E-state index in [1.807, 2.05) is 13.1 Å². The maximum absolute atomic E-state index is 10.8. The van der Waals surface area contributed by atoms with Crippen molar-refractivity contribution in [3.05, 3.63) is 50.7 Å². The Morgan fingerprint density at radius 2 is 2.17 bits per heavy atom. The monoisotopic (exact) mass is 310 g/mol. The van der Waals surface area contributed by atoms with E-state index in [0.29, 0.717) is 22.3 Å². The second-order valence-corrected chi connectivity index (χ2v) is 4.57. The van der Waals surface area contributed by atoms with Crippen LogP contribution in [-0.4, -0.2) is 12.0 Å². The van der Waals surface area contributed by atoms with Crippen LogP contribution >= 0.6 is 15.9 Å². The van der Waals surface area contributed by atoms with E-state index in [4.69, 9.17) is 4.42 Å². The molecule has 0 unspecified atom stereocenters. The number of nitrogens with one attached hydrogen (secondary N) is 1. The van der Waals surface area contributed by atoms with Gasteiger partial charge in [0.2, 0.25) is 0 Å². The molecule has 0 atom stereocenters. The third-order valence-electron chi connectivity index (χ3n) is 2.44. The van der Waals surface area contributed by atoms with Gasteiger partial charge in [0.05, 0.1) is 15.9 Å². The van der Waals surface area contributed by atoms with Crippen molar-refractivity contribution in [2.75, 3.05) is 7.05 Å². The molecule has 0 amide bonds. The first-order valence-corrected chi connectivity index (χ1v) is 6.08. The third kappa shape index (κ3) is 2.60. The largest absolute Gasteiger partial charge is 0.460 e. The zero-order valence-electron chi connectivity index (χ0n) is 9.64. The fourth-order valence-corrected chi connectivity index (χ4v) is 2.00. The molecule has 1 heterocycles. The highest BCUT2D eigenvalue weighted by Gasteiger charge is 2.14. The first-order chi connectivity index (χ1) is 8.61. The van der Waals surface area contributed by atoms with Crippen LogP contribution in [0.1, 0.15) is 5.76 Å². The number of hydrogen-bond donors (Lipinski definition) is 1. The second kappa shape index (κ2) is 5.32. The topological polar surface area (TPSA) is 68.3 Å². The lowest BCUT2D eigenvalue weighted by Gasteiger charge is -2.00. The third-order valence-corrected chi connectivity index (χ3v) is 3.11. The number of furan rings is 1. The second-order valence-electron chi connectivity index (χ2n) is 3.72. The van der Waals surface area contributed by atoms with Gasteiger partial charge in [-0.1, -0.05) is 0 Å². The van der Waals surface area contributed by atoms with Crippen molar-refractivity contribution in [3.63, 3.8) is 0 Å². The normalized spacial score (nSPS) is 10.6. The predicted octanol–water partition coefficient (Wildman–Crippen LogP) is 3.34. The van der Waals surface area contributed by atoms with E-state index in [0.717, 1.165) is 5.76 Å². The molecular formula is C12H11BrN2O3. The summed E-state index contributed by atoms with van der Waals surface area (Å²) in [5.74, 6) is 1.41. The summed E-state index contributed by atoms with van der Waals surface area (Å²) in [6.07, 6.45) is 0. The van der Waals surface area contributed by atoms with Crippen molar-refractivity contribution in [1.82, 2.24) is 5.32 Å². The molecule has 0 saturated heterocycles. The molecular weight excluding hydrogens is 300 g/mol. The van der Waals surface area contributed by atoms with Crippen molar-refractivity contribution >= 4 is 21.6 Å². The Balaban J connectivity index is 2.38. The van der Waals surface area contributed by atoms with Crippen LogP contribution in [0.4, 0.5) is 5.69 Å². The molecule has 0 aliphatic heterocycles. The van der Waals surface area contributed by atoms with Crippen LogP contribution in [0, 0.1) is 10.1 Å². The Morgan fingerprint density at radius 1 is 1.39 bits per heavy atom. The minimum absolute atomic E-state index is 0.0269. The first kappa shape index (κ1) is 12.8. The molecule has 0 fully saturated rings. The zero-order chi connectivity index (χ0) is 13.1. The number of rotatable bonds is 4. The molecule has 1 aromatic heterocycles. The van der Waals surface area contributed by atoms with Crippen molar-refractivity contribution in [3.8, 4) is 11.3 Å². The highest BCUT2D eigenvalue weighted by molar-refractivity contribution is 9.10. The highest BCUT2D eigenvalue weighted by Crippen LogP contribution is 2.31. The highest BCUT2D eigenvalue weighted by atomic mass is 79.9. The quantitative estimate of drug-likeness (QED) is 0.694. The average Bonchev–Trinajstić information content (AvgIpc) is 2.78. The lowest BCUT2D eigenvalue weighted by molar-refractivity contribution is -0.385. The molecule has 2 rings (SSSR count). The van der Waals surface area contributed by atoms with Gasteiger partial charge in [-0.2, -0.15) is 0 Å². The molecule has 18 heavy (non-hydrogen) atoms. The molecule has 0 aliphatic carbocycles. The Hall–Kier alpha value is -1.66. The average molecular weight is 311 g/mol. The smallest absolute Gasteiger partial charge is 0.284 e. The minimum atomic E-state index is -0.426. The van der Waals surface area contributed by atoms with Gasteiger partial charge in [-0.3, -0.25) is 10.1 Å². The minimum Gasteiger partial charge on any atom is -0.460 e. The number of benzene rings is 1. The number of halogens is 1. The number of nitro benzene ring substituents is 1. The van der Waals surface area contributed by atoms with Crippen LogP contribution in [0.2, 0.25) is 0 Å². The van der Waals surface area contributed by atoms with Gasteiger partial charge in [-0.25, -0.2) is 0 Å². The van der Waals surface area contributed by atoms with Crippen molar-refractivity contribution in [2.24, 2.45) is 0 Å².